The number of benzene rings is 3. The number of rotatable bonds is 10. The second-order valence-electron chi connectivity index (χ2n) is 9.07. The van der Waals surface area contributed by atoms with Gasteiger partial charge in [0.15, 0.2) is 4.34 Å². The number of carbonyl (C=O) groups is 2. The van der Waals surface area contributed by atoms with Crippen molar-refractivity contribution in [2.24, 2.45) is 0 Å². The number of thioether (sulfide) groups is 1. The van der Waals surface area contributed by atoms with Crippen molar-refractivity contribution >= 4 is 57.3 Å². The Morgan fingerprint density at radius 1 is 1.02 bits per heavy atom. The number of aliphatic hydroxyl groups is 1. The average molecular weight is 592 g/mol. The largest absolute Gasteiger partial charge is 0.507 e. The number of halogens is 1. The summed E-state index contributed by atoms with van der Waals surface area (Å²) < 4.78 is 6.38. The standard InChI is InChI=1S/C30H26ClN3O4S2/c1-2-3-17-38-23-15-11-21(12-16-23)26(35)24-25(20-9-13-22(31)14-10-20)34(28(37)27(24)36)29-32-33-30(40-29)39-18-19-7-5-4-6-8-19/h4-16,25,35H,2-3,17-18H2,1H3/t25-/m0/s1. The van der Waals surface area contributed by atoms with E-state index in [4.69, 9.17) is 16.3 Å². The maximum absolute atomic E-state index is 13.4. The number of carbonyl (C=O) groups excluding carboxylic acids is 2. The summed E-state index contributed by atoms with van der Waals surface area (Å²) in [5, 5.41) is 20.7. The number of amides is 1. The van der Waals surface area contributed by atoms with Crippen LogP contribution >= 0.6 is 34.7 Å². The molecule has 5 rings (SSSR count). The first-order valence-corrected chi connectivity index (χ1v) is 14.9. The van der Waals surface area contributed by atoms with E-state index in [9.17, 15) is 14.7 Å². The van der Waals surface area contributed by atoms with Crippen LogP contribution in [0.3, 0.4) is 0 Å². The number of hydrogen-bond acceptors (Lipinski definition) is 8. The lowest BCUT2D eigenvalue weighted by atomic mass is 9.95. The Bertz CT molecular complexity index is 1520. The van der Waals surface area contributed by atoms with E-state index in [0.717, 1.165) is 18.4 Å². The van der Waals surface area contributed by atoms with Crippen molar-refractivity contribution in [3.63, 3.8) is 0 Å². The van der Waals surface area contributed by atoms with Gasteiger partial charge in [0.05, 0.1) is 18.2 Å². The van der Waals surface area contributed by atoms with E-state index in [1.807, 2.05) is 30.3 Å². The Morgan fingerprint density at radius 3 is 2.45 bits per heavy atom. The first kappa shape index (κ1) is 27.9. The molecule has 10 heteroatoms. The van der Waals surface area contributed by atoms with Crippen molar-refractivity contribution in [1.82, 2.24) is 10.2 Å². The average Bonchev–Trinajstić information content (AvgIpc) is 3.55. The normalized spacial score (nSPS) is 16.4. The molecule has 1 N–H and O–H groups in total. The minimum Gasteiger partial charge on any atom is -0.507 e. The first-order valence-electron chi connectivity index (χ1n) is 12.8. The lowest BCUT2D eigenvalue weighted by Gasteiger charge is -2.22. The number of unbranched alkanes of at least 4 members (excludes halogenated alkanes) is 1. The van der Waals surface area contributed by atoms with Crippen LogP contribution in [0.15, 0.2) is 88.8 Å². The van der Waals surface area contributed by atoms with Crippen LogP contribution < -0.4 is 9.64 Å². The topological polar surface area (TPSA) is 92.6 Å². The smallest absolute Gasteiger partial charge is 0.301 e. The summed E-state index contributed by atoms with van der Waals surface area (Å²) in [5.41, 5.74) is 2.11. The molecule has 4 aromatic rings. The number of aliphatic hydroxyl groups excluding tert-OH is 1. The van der Waals surface area contributed by atoms with Crippen LogP contribution in [0.2, 0.25) is 5.02 Å². The van der Waals surface area contributed by atoms with E-state index < -0.39 is 17.7 Å². The minimum atomic E-state index is -0.905. The zero-order chi connectivity index (χ0) is 28.1. The third kappa shape index (κ3) is 6.06. The van der Waals surface area contributed by atoms with Crippen LogP contribution in [0.4, 0.5) is 5.13 Å². The molecule has 0 spiro atoms. The van der Waals surface area contributed by atoms with Crippen LogP contribution in [-0.4, -0.2) is 33.6 Å². The highest BCUT2D eigenvalue weighted by Gasteiger charge is 2.48. The van der Waals surface area contributed by atoms with Gasteiger partial charge in [0.2, 0.25) is 5.13 Å². The minimum absolute atomic E-state index is 0.0272. The molecule has 1 amide bonds. The van der Waals surface area contributed by atoms with Crippen LogP contribution in [-0.2, 0) is 15.3 Å². The monoisotopic (exact) mass is 591 g/mol. The van der Waals surface area contributed by atoms with Gasteiger partial charge in [-0.25, -0.2) is 0 Å². The third-order valence-corrected chi connectivity index (χ3v) is 8.71. The third-order valence-electron chi connectivity index (χ3n) is 6.33. The predicted molar refractivity (Wildman–Crippen MR) is 159 cm³/mol. The van der Waals surface area contributed by atoms with Crippen LogP contribution in [0.25, 0.3) is 5.76 Å². The van der Waals surface area contributed by atoms with Gasteiger partial charge in [-0.2, -0.15) is 0 Å². The highest BCUT2D eigenvalue weighted by Crippen LogP contribution is 2.44. The van der Waals surface area contributed by atoms with Gasteiger partial charge in [-0.1, -0.05) is 90.5 Å². The second kappa shape index (κ2) is 12.7. The fraction of sp³-hybridized carbons (Fsp3) is 0.200. The van der Waals surface area contributed by atoms with Crippen molar-refractivity contribution in [3.8, 4) is 5.75 Å². The highest BCUT2D eigenvalue weighted by molar-refractivity contribution is 8.00. The number of Topliss-reactive ketones (excluding diaryl/α,β-unsaturated/α-hetero) is 1. The van der Waals surface area contributed by atoms with Crippen molar-refractivity contribution < 1.29 is 19.4 Å². The van der Waals surface area contributed by atoms with E-state index in [-0.39, 0.29) is 16.5 Å². The quantitative estimate of drug-likeness (QED) is 0.0517. The summed E-state index contributed by atoms with van der Waals surface area (Å²) >= 11 is 8.85. The Morgan fingerprint density at radius 2 is 1.75 bits per heavy atom. The Kier molecular flexibility index (Phi) is 8.84. The van der Waals surface area contributed by atoms with E-state index in [2.05, 4.69) is 17.1 Å². The summed E-state index contributed by atoms with van der Waals surface area (Å²) in [7, 11) is 0. The number of aromatic nitrogens is 2. The number of ketones is 1. The lowest BCUT2D eigenvalue weighted by molar-refractivity contribution is -0.132. The molecule has 0 unspecified atom stereocenters. The highest BCUT2D eigenvalue weighted by atomic mass is 35.5. The molecule has 1 aliphatic heterocycles. The molecule has 1 atom stereocenters. The van der Waals surface area contributed by atoms with E-state index >= 15 is 0 Å². The van der Waals surface area contributed by atoms with Gasteiger partial charge in [-0.05, 0) is 53.9 Å². The molecule has 204 valence electrons. The van der Waals surface area contributed by atoms with Gasteiger partial charge in [0.1, 0.15) is 11.5 Å². The molecule has 1 aliphatic rings. The van der Waals surface area contributed by atoms with Crippen LogP contribution in [0, 0.1) is 0 Å². The number of nitrogens with zero attached hydrogens (tertiary/aromatic N) is 3. The fourth-order valence-corrected chi connectivity index (χ4v) is 6.22. The van der Waals surface area contributed by atoms with Gasteiger partial charge in [-0.3, -0.25) is 14.5 Å². The van der Waals surface area contributed by atoms with Gasteiger partial charge in [0, 0.05) is 16.3 Å². The molecule has 3 aromatic carbocycles. The van der Waals surface area contributed by atoms with E-state index in [1.54, 1.807) is 48.5 Å². The van der Waals surface area contributed by atoms with Gasteiger partial charge in [0.25, 0.3) is 5.78 Å². The molecule has 7 nitrogen and oxygen atoms in total. The molecular formula is C30H26ClN3O4S2. The Balaban J connectivity index is 1.49. The predicted octanol–water partition coefficient (Wildman–Crippen LogP) is 7.29. The fourth-order valence-electron chi connectivity index (χ4n) is 4.27. The summed E-state index contributed by atoms with van der Waals surface area (Å²) in [5.74, 6) is -0.503. The zero-order valence-corrected chi connectivity index (χ0v) is 24.0. The van der Waals surface area contributed by atoms with Crippen LogP contribution in [0.1, 0.15) is 42.5 Å². The van der Waals surface area contributed by atoms with Crippen molar-refractivity contribution in [2.45, 2.75) is 35.9 Å². The Labute approximate surface area is 245 Å². The molecule has 0 saturated carbocycles. The van der Waals surface area contributed by atoms with Gasteiger partial charge < -0.3 is 9.84 Å². The van der Waals surface area contributed by atoms with Crippen molar-refractivity contribution in [1.29, 1.82) is 0 Å². The first-order chi connectivity index (χ1) is 19.5. The maximum Gasteiger partial charge on any atom is 0.301 e. The van der Waals surface area contributed by atoms with E-state index in [0.29, 0.717) is 38.6 Å². The summed E-state index contributed by atoms with van der Waals surface area (Å²) in [6.07, 6.45) is 1.95. The number of ether oxygens (including phenoxy) is 1. The number of anilines is 1. The molecule has 0 bridgehead atoms. The molecule has 0 radical (unpaired) electrons. The molecule has 2 heterocycles. The molecule has 0 aliphatic carbocycles. The van der Waals surface area contributed by atoms with Gasteiger partial charge >= 0.3 is 5.91 Å². The zero-order valence-electron chi connectivity index (χ0n) is 21.6. The summed E-state index contributed by atoms with van der Waals surface area (Å²) in [6, 6.07) is 22.7. The number of hydrogen-bond donors (Lipinski definition) is 1. The molecule has 40 heavy (non-hydrogen) atoms. The van der Waals surface area contributed by atoms with Crippen molar-refractivity contribution in [3.05, 3.63) is 106 Å². The van der Waals surface area contributed by atoms with Crippen LogP contribution in [0.5, 0.6) is 5.75 Å². The molecule has 1 fully saturated rings. The second-order valence-corrected chi connectivity index (χ2v) is 11.7. The van der Waals surface area contributed by atoms with Gasteiger partial charge in [-0.15, -0.1) is 10.2 Å². The maximum atomic E-state index is 13.4. The summed E-state index contributed by atoms with van der Waals surface area (Å²) in [6.45, 7) is 2.68. The lowest BCUT2D eigenvalue weighted by Crippen LogP contribution is -2.29. The van der Waals surface area contributed by atoms with Crippen molar-refractivity contribution in [2.75, 3.05) is 11.5 Å². The molecule has 1 saturated heterocycles. The molecular weight excluding hydrogens is 566 g/mol. The summed E-state index contributed by atoms with van der Waals surface area (Å²) in [4.78, 5) is 28.1. The van der Waals surface area contributed by atoms with E-state index in [1.165, 1.54) is 28.0 Å². The SMILES string of the molecule is CCCCOc1ccc(C(O)=C2C(=O)C(=O)N(c3nnc(SCc4ccccc4)s3)[C@H]2c2ccc(Cl)cc2)cc1. The molecule has 1 aromatic heterocycles. The Hall–Kier alpha value is -3.66.